The molecule has 0 aliphatic carbocycles. The summed E-state index contributed by atoms with van der Waals surface area (Å²) in [5, 5.41) is 13.6. The van der Waals surface area contributed by atoms with Gasteiger partial charge in [0, 0.05) is 23.6 Å². The fourth-order valence-electron chi connectivity index (χ4n) is 3.82. The third kappa shape index (κ3) is 4.41. The molecule has 2 heterocycles. The minimum Gasteiger partial charge on any atom is -0.544 e. The number of aryl methyl sites for hydroxylation is 2. The van der Waals surface area contributed by atoms with Crippen molar-refractivity contribution in [1.29, 1.82) is 0 Å². The molecule has 1 aliphatic rings. The summed E-state index contributed by atoms with van der Waals surface area (Å²) < 4.78 is 2.93. The predicted molar refractivity (Wildman–Crippen MR) is 128 cm³/mol. The number of benzene rings is 2. The maximum atomic E-state index is 11.4. The molecule has 2 aromatic carbocycles. The number of rotatable bonds is 6. The molecule has 160 valence electrons. The van der Waals surface area contributed by atoms with Gasteiger partial charge in [-0.05, 0) is 68.2 Å². The van der Waals surface area contributed by atoms with Gasteiger partial charge in [-0.3, -0.25) is 0 Å². The summed E-state index contributed by atoms with van der Waals surface area (Å²) in [5.74, 6) is -1.08. The molecule has 4 nitrogen and oxygen atoms in total. The Bertz CT molecular complexity index is 1220. The van der Waals surface area contributed by atoms with Crippen LogP contribution in [0.2, 0.25) is 0 Å². The van der Waals surface area contributed by atoms with Crippen molar-refractivity contribution in [2.75, 3.05) is 11.4 Å². The average Bonchev–Trinajstić information content (AvgIpc) is 3.24. The number of anilines is 1. The topological polar surface area (TPSA) is 47.2 Å². The largest absolute Gasteiger partial charge is 0.544 e. The van der Waals surface area contributed by atoms with Gasteiger partial charge in [-0.15, -0.1) is 0 Å². The highest BCUT2D eigenvalue weighted by Crippen LogP contribution is 2.46. The lowest BCUT2D eigenvalue weighted by Gasteiger charge is -2.18. The first-order valence-electron chi connectivity index (χ1n) is 10.5. The number of hydrogen-bond acceptors (Lipinski definition) is 5. The number of carbonyl (C=O) groups is 1. The van der Waals surface area contributed by atoms with Crippen LogP contribution in [-0.4, -0.2) is 12.5 Å². The second-order valence-electron chi connectivity index (χ2n) is 7.74. The Hall–Kier alpha value is -2.57. The van der Waals surface area contributed by atoms with Crippen molar-refractivity contribution in [2.45, 2.75) is 45.6 Å². The van der Waals surface area contributed by atoms with Gasteiger partial charge in [-0.2, -0.15) is 4.57 Å². The number of hydrogen-bond donors (Lipinski definition) is 0. The number of thiazole rings is 1. The third-order valence-corrected chi connectivity index (χ3v) is 7.63. The number of carboxylic acid groups (broad SMARTS) is 1. The molecule has 6 heteroatoms. The van der Waals surface area contributed by atoms with E-state index >= 15 is 0 Å². The zero-order chi connectivity index (χ0) is 22.1. The standard InChI is InChI=1S/C25H26N2O2S2/c1-5-18(13-23-26(6-2)19-11-16(3)7-9-21(19)30-23)14-24-27(15-25(28)29)20-12-17(4)8-10-22(20)31-24/h7-14H,5-6,15H2,1-4H3. The molecule has 0 unspecified atom stereocenters. The van der Waals surface area contributed by atoms with Gasteiger partial charge in [0.25, 0.3) is 5.01 Å². The first kappa shape index (κ1) is 21.7. The maximum absolute atomic E-state index is 11.4. The van der Waals surface area contributed by atoms with Crippen LogP contribution >= 0.6 is 23.1 Å². The number of allylic oxidation sites excluding steroid dienone is 2. The summed E-state index contributed by atoms with van der Waals surface area (Å²) in [4.78, 5) is 15.1. The van der Waals surface area contributed by atoms with Crippen LogP contribution in [0.1, 0.15) is 36.4 Å². The van der Waals surface area contributed by atoms with Crippen LogP contribution in [0.3, 0.4) is 0 Å². The van der Waals surface area contributed by atoms with Gasteiger partial charge in [-0.25, -0.2) is 0 Å². The number of nitrogens with zero attached hydrogens (tertiary/aromatic N) is 2. The molecule has 0 bridgehead atoms. The smallest absolute Gasteiger partial charge is 0.263 e. The van der Waals surface area contributed by atoms with Crippen molar-refractivity contribution in [3.63, 3.8) is 0 Å². The Morgan fingerprint density at radius 1 is 1.13 bits per heavy atom. The van der Waals surface area contributed by atoms with Gasteiger partial charge in [-0.1, -0.05) is 42.2 Å². The van der Waals surface area contributed by atoms with Crippen molar-refractivity contribution < 1.29 is 14.5 Å². The molecule has 0 atom stereocenters. The first-order chi connectivity index (χ1) is 14.9. The summed E-state index contributed by atoms with van der Waals surface area (Å²) in [6.45, 7) is 9.20. The molecular formula is C25H26N2O2S2. The minimum absolute atomic E-state index is 0.149. The van der Waals surface area contributed by atoms with E-state index in [-0.39, 0.29) is 6.54 Å². The Labute approximate surface area is 191 Å². The highest BCUT2D eigenvalue weighted by atomic mass is 32.2. The van der Waals surface area contributed by atoms with Gasteiger partial charge in [0.2, 0.25) is 5.52 Å². The van der Waals surface area contributed by atoms with Gasteiger partial charge in [0.15, 0.2) is 6.54 Å². The Balaban J connectivity index is 1.77. The molecule has 0 amide bonds. The monoisotopic (exact) mass is 450 g/mol. The lowest BCUT2D eigenvalue weighted by Crippen LogP contribution is -2.44. The van der Waals surface area contributed by atoms with Crippen LogP contribution in [0.25, 0.3) is 16.3 Å². The molecule has 0 radical (unpaired) electrons. The van der Waals surface area contributed by atoms with E-state index in [0.29, 0.717) is 0 Å². The minimum atomic E-state index is -1.08. The summed E-state index contributed by atoms with van der Waals surface area (Å²) in [5.41, 5.74) is 5.74. The van der Waals surface area contributed by atoms with Gasteiger partial charge in [0.05, 0.1) is 10.7 Å². The molecule has 0 N–H and O–H groups in total. The van der Waals surface area contributed by atoms with Crippen molar-refractivity contribution in [3.8, 4) is 0 Å². The Morgan fingerprint density at radius 3 is 2.58 bits per heavy atom. The molecule has 31 heavy (non-hydrogen) atoms. The summed E-state index contributed by atoms with van der Waals surface area (Å²) in [6, 6.07) is 12.8. The van der Waals surface area contributed by atoms with E-state index in [1.165, 1.54) is 26.7 Å². The van der Waals surface area contributed by atoms with Crippen LogP contribution < -0.4 is 14.6 Å². The molecule has 4 rings (SSSR count). The number of aromatic nitrogens is 1. The fourth-order valence-corrected chi connectivity index (χ4v) is 6.12. The SMILES string of the molecule is CCC(/C=C1\Sc2ccc(C)cc2N1CC)=C\c1sc2ccc(C)cc2[n+]1CC(=O)[O-]. The van der Waals surface area contributed by atoms with Crippen molar-refractivity contribution in [3.05, 3.63) is 69.2 Å². The number of carbonyl (C=O) groups excluding carboxylic acids is 1. The van der Waals surface area contributed by atoms with Crippen molar-refractivity contribution >= 4 is 51.0 Å². The molecular weight excluding hydrogens is 424 g/mol. The molecule has 1 aliphatic heterocycles. The summed E-state index contributed by atoms with van der Waals surface area (Å²) in [7, 11) is 0. The predicted octanol–water partition coefficient (Wildman–Crippen LogP) is 4.82. The molecule has 0 spiro atoms. The maximum Gasteiger partial charge on any atom is 0.263 e. The lowest BCUT2D eigenvalue weighted by molar-refractivity contribution is -0.663. The molecule has 0 saturated carbocycles. The number of carboxylic acids is 1. The van der Waals surface area contributed by atoms with Crippen LogP contribution in [0, 0.1) is 13.8 Å². The first-order valence-corrected chi connectivity index (χ1v) is 12.1. The summed E-state index contributed by atoms with van der Waals surface area (Å²) in [6.07, 6.45) is 5.22. The number of aliphatic carboxylic acids is 1. The zero-order valence-electron chi connectivity index (χ0n) is 18.3. The van der Waals surface area contributed by atoms with Crippen LogP contribution in [-0.2, 0) is 11.3 Å². The van der Waals surface area contributed by atoms with E-state index in [1.54, 1.807) is 23.1 Å². The van der Waals surface area contributed by atoms with Crippen LogP contribution in [0.5, 0.6) is 0 Å². The van der Waals surface area contributed by atoms with E-state index < -0.39 is 5.97 Å². The number of thioether (sulfide) groups is 1. The van der Waals surface area contributed by atoms with Crippen molar-refractivity contribution in [2.24, 2.45) is 0 Å². The zero-order valence-corrected chi connectivity index (χ0v) is 19.9. The van der Waals surface area contributed by atoms with Gasteiger partial charge < -0.3 is 14.8 Å². The molecule has 1 aromatic heterocycles. The quantitative estimate of drug-likeness (QED) is 0.505. The van der Waals surface area contributed by atoms with E-state index in [4.69, 9.17) is 0 Å². The average molecular weight is 451 g/mol. The highest BCUT2D eigenvalue weighted by Gasteiger charge is 2.25. The third-order valence-electron chi connectivity index (χ3n) is 5.40. The second-order valence-corrected chi connectivity index (χ2v) is 9.87. The van der Waals surface area contributed by atoms with Crippen molar-refractivity contribution in [1.82, 2.24) is 0 Å². The van der Waals surface area contributed by atoms with E-state index in [1.807, 2.05) is 17.6 Å². The van der Waals surface area contributed by atoms with Gasteiger partial charge >= 0.3 is 0 Å². The fraction of sp³-hybridized carbons (Fsp3) is 0.280. The van der Waals surface area contributed by atoms with Crippen LogP contribution in [0.4, 0.5) is 5.69 Å². The van der Waals surface area contributed by atoms with E-state index in [9.17, 15) is 9.90 Å². The second kappa shape index (κ2) is 8.89. The van der Waals surface area contributed by atoms with E-state index in [0.717, 1.165) is 33.8 Å². The van der Waals surface area contributed by atoms with Crippen LogP contribution in [0.15, 0.2) is 58.0 Å². The molecule has 0 fully saturated rings. The highest BCUT2D eigenvalue weighted by molar-refractivity contribution is 8.03. The van der Waals surface area contributed by atoms with Gasteiger partial charge in [0.1, 0.15) is 10.7 Å². The lowest BCUT2D eigenvalue weighted by atomic mass is 10.1. The van der Waals surface area contributed by atoms with E-state index in [2.05, 4.69) is 68.2 Å². The normalized spacial score (nSPS) is 15.2. The Morgan fingerprint density at radius 2 is 1.87 bits per heavy atom. The molecule has 3 aromatic rings. The number of fused-ring (bicyclic) bond motifs is 2. The molecule has 0 saturated heterocycles. The Kier molecular flexibility index (Phi) is 6.21. The summed E-state index contributed by atoms with van der Waals surface area (Å²) >= 11 is 3.41.